The van der Waals surface area contributed by atoms with E-state index in [0.717, 1.165) is 19.3 Å². The van der Waals surface area contributed by atoms with Gasteiger partial charge in [-0.1, -0.05) is 212 Å². The smallest absolute Gasteiger partial charge is 0.305 e. The Bertz CT molecular complexity index is 554. The zero-order valence-electron chi connectivity index (χ0n) is 30.6. The predicted octanol–water partition coefficient (Wildman–Crippen LogP) is 15.2. The van der Waals surface area contributed by atoms with Crippen molar-refractivity contribution in [3.63, 3.8) is 0 Å². The Morgan fingerprint density at radius 1 is 0.364 bits per heavy atom. The van der Waals surface area contributed by atoms with E-state index in [9.17, 15) is 4.79 Å². The molecule has 0 aromatic rings. The van der Waals surface area contributed by atoms with Crippen LogP contribution >= 0.6 is 0 Å². The first-order valence-electron chi connectivity index (χ1n) is 20.6. The summed E-state index contributed by atoms with van der Waals surface area (Å²) in [5, 5.41) is 0. The minimum absolute atomic E-state index is 0.0201. The summed E-state index contributed by atoms with van der Waals surface area (Å²) < 4.78 is 5.46. The van der Waals surface area contributed by atoms with E-state index < -0.39 is 0 Å². The second-order valence-corrected chi connectivity index (χ2v) is 14.0. The number of hydrogen-bond donors (Lipinski definition) is 0. The van der Waals surface area contributed by atoms with Crippen molar-refractivity contribution < 1.29 is 9.53 Å². The van der Waals surface area contributed by atoms with Gasteiger partial charge in [0.05, 0.1) is 6.61 Å². The van der Waals surface area contributed by atoms with Crippen molar-refractivity contribution in [1.82, 2.24) is 0 Å². The summed E-state index contributed by atoms with van der Waals surface area (Å²) in [6.45, 7) is 5.22. The van der Waals surface area contributed by atoms with Gasteiger partial charge < -0.3 is 4.74 Å². The topological polar surface area (TPSA) is 26.3 Å². The molecule has 0 atom stereocenters. The van der Waals surface area contributed by atoms with Gasteiger partial charge in [0, 0.05) is 6.42 Å². The summed E-state index contributed by atoms with van der Waals surface area (Å²) in [6, 6.07) is 0. The Morgan fingerprint density at radius 3 is 0.977 bits per heavy atom. The Hall–Kier alpha value is -0.790. The van der Waals surface area contributed by atoms with Crippen molar-refractivity contribution in [2.75, 3.05) is 6.61 Å². The Morgan fingerprint density at radius 2 is 0.636 bits per heavy atom. The fourth-order valence-corrected chi connectivity index (χ4v) is 6.31. The third-order valence-electron chi connectivity index (χ3n) is 9.40. The van der Waals surface area contributed by atoms with E-state index in [0.29, 0.717) is 13.0 Å². The molecule has 0 spiro atoms. The lowest BCUT2D eigenvalue weighted by Gasteiger charge is -2.05. The molecule has 0 bridgehead atoms. The van der Waals surface area contributed by atoms with Gasteiger partial charge in [-0.25, -0.2) is 0 Å². The molecule has 2 heteroatoms. The third-order valence-corrected chi connectivity index (χ3v) is 9.40. The average Bonchev–Trinajstić information content (AvgIpc) is 3.03. The van der Waals surface area contributed by atoms with Gasteiger partial charge in [0.2, 0.25) is 0 Å². The van der Waals surface area contributed by atoms with E-state index in [2.05, 4.69) is 26.0 Å². The molecule has 0 amide bonds. The molecule has 44 heavy (non-hydrogen) atoms. The first-order valence-corrected chi connectivity index (χ1v) is 20.6. The lowest BCUT2D eigenvalue weighted by Crippen LogP contribution is -2.05. The molecular weight excluding hydrogens is 536 g/mol. The van der Waals surface area contributed by atoms with Gasteiger partial charge >= 0.3 is 5.97 Å². The lowest BCUT2D eigenvalue weighted by molar-refractivity contribution is -0.143. The molecule has 0 aliphatic heterocycles. The van der Waals surface area contributed by atoms with Crippen LogP contribution in [-0.2, 0) is 9.53 Å². The molecule has 0 aliphatic rings. The SMILES string of the molecule is CCCCCCCCCCCCCCC=CCCCCCCCC(=O)OCCCCCCCCCCCCCCCCCC. The minimum Gasteiger partial charge on any atom is -0.466 e. The minimum atomic E-state index is 0.0201. The monoisotopic (exact) mass is 619 g/mol. The number of esters is 1. The first kappa shape index (κ1) is 43.2. The van der Waals surface area contributed by atoms with Gasteiger partial charge in [0.15, 0.2) is 0 Å². The maximum Gasteiger partial charge on any atom is 0.305 e. The summed E-state index contributed by atoms with van der Waals surface area (Å²) in [4.78, 5) is 12.0. The molecule has 0 aromatic heterocycles. The fourth-order valence-electron chi connectivity index (χ4n) is 6.31. The van der Waals surface area contributed by atoms with E-state index in [4.69, 9.17) is 4.74 Å². The number of ether oxygens (including phenoxy) is 1. The van der Waals surface area contributed by atoms with E-state index in [1.807, 2.05) is 0 Å². The molecule has 0 saturated carbocycles. The van der Waals surface area contributed by atoms with Crippen LogP contribution < -0.4 is 0 Å². The Labute approximate surface area is 278 Å². The van der Waals surface area contributed by atoms with Crippen LogP contribution in [0.15, 0.2) is 12.2 Å². The van der Waals surface area contributed by atoms with Crippen molar-refractivity contribution in [2.24, 2.45) is 0 Å². The van der Waals surface area contributed by atoms with E-state index in [1.165, 1.54) is 205 Å². The average molecular weight is 619 g/mol. The van der Waals surface area contributed by atoms with Gasteiger partial charge in [0.25, 0.3) is 0 Å². The van der Waals surface area contributed by atoms with Crippen LogP contribution in [0.4, 0.5) is 0 Å². The molecule has 0 heterocycles. The van der Waals surface area contributed by atoms with Gasteiger partial charge in [0.1, 0.15) is 0 Å². The number of rotatable bonds is 38. The van der Waals surface area contributed by atoms with Gasteiger partial charge in [-0.15, -0.1) is 0 Å². The fraction of sp³-hybridized carbons (Fsp3) is 0.929. The summed E-state index contributed by atoms with van der Waals surface area (Å²) in [7, 11) is 0. The van der Waals surface area contributed by atoms with Crippen LogP contribution in [0.25, 0.3) is 0 Å². The van der Waals surface area contributed by atoms with Crippen molar-refractivity contribution in [3.05, 3.63) is 12.2 Å². The zero-order valence-corrected chi connectivity index (χ0v) is 30.6. The van der Waals surface area contributed by atoms with Crippen LogP contribution in [0.1, 0.15) is 245 Å². The van der Waals surface area contributed by atoms with Crippen LogP contribution in [-0.4, -0.2) is 12.6 Å². The summed E-state index contributed by atoms with van der Waals surface area (Å²) in [6.07, 6.45) is 53.0. The molecule has 0 saturated heterocycles. The normalized spacial score (nSPS) is 11.6. The quantitative estimate of drug-likeness (QED) is 0.0391. The van der Waals surface area contributed by atoms with Gasteiger partial charge in [-0.2, -0.15) is 0 Å². The Kier molecular flexibility index (Phi) is 39.5. The highest BCUT2D eigenvalue weighted by Gasteiger charge is 2.02. The second-order valence-electron chi connectivity index (χ2n) is 14.0. The van der Waals surface area contributed by atoms with Crippen molar-refractivity contribution in [1.29, 1.82) is 0 Å². The van der Waals surface area contributed by atoms with E-state index in [-0.39, 0.29) is 5.97 Å². The third kappa shape index (κ3) is 39.2. The molecule has 0 radical (unpaired) electrons. The highest BCUT2D eigenvalue weighted by atomic mass is 16.5. The number of carbonyl (C=O) groups is 1. The molecule has 2 nitrogen and oxygen atoms in total. The van der Waals surface area contributed by atoms with Crippen molar-refractivity contribution in [3.8, 4) is 0 Å². The molecular formula is C42H82O2. The number of unbranched alkanes of at least 4 members (excludes halogenated alkanes) is 32. The van der Waals surface area contributed by atoms with Crippen LogP contribution in [0, 0.1) is 0 Å². The summed E-state index contributed by atoms with van der Waals surface area (Å²) >= 11 is 0. The molecule has 0 N–H and O–H groups in total. The highest BCUT2D eigenvalue weighted by molar-refractivity contribution is 5.69. The Balaban J connectivity index is 3.19. The zero-order chi connectivity index (χ0) is 31.9. The number of hydrogen-bond acceptors (Lipinski definition) is 2. The summed E-state index contributed by atoms with van der Waals surface area (Å²) in [5.74, 6) is 0.0201. The maximum absolute atomic E-state index is 12.0. The van der Waals surface area contributed by atoms with Gasteiger partial charge in [-0.05, 0) is 38.5 Å². The van der Waals surface area contributed by atoms with E-state index in [1.54, 1.807) is 0 Å². The molecule has 0 fully saturated rings. The van der Waals surface area contributed by atoms with Crippen molar-refractivity contribution in [2.45, 2.75) is 245 Å². The maximum atomic E-state index is 12.0. The summed E-state index contributed by atoms with van der Waals surface area (Å²) in [5.41, 5.74) is 0. The second kappa shape index (κ2) is 40.2. The lowest BCUT2D eigenvalue weighted by atomic mass is 10.0. The standard InChI is InChI=1S/C42H82O2/c1-3-5-7-9-11-13-15-17-19-21-22-23-24-25-26-28-30-32-34-36-38-40-42(43)44-41-39-37-35-33-31-29-27-20-18-16-14-12-10-8-6-4-2/h25-26H,3-24,27-41H2,1-2H3. The molecule has 0 unspecified atom stereocenters. The number of allylic oxidation sites excluding steroid dienone is 2. The molecule has 0 aliphatic carbocycles. The van der Waals surface area contributed by atoms with E-state index >= 15 is 0 Å². The largest absolute Gasteiger partial charge is 0.466 e. The molecule has 0 rings (SSSR count). The highest BCUT2D eigenvalue weighted by Crippen LogP contribution is 2.15. The molecule has 262 valence electrons. The van der Waals surface area contributed by atoms with Crippen LogP contribution in [0.3, 0.4) is 0 Å². The van der Waals surface area contributed by atoms with Crippen LogP contribution in [0.5, 0.6) is 0 Å². The molecule has 0 aromatic carbocycles. The van der Waals surface area contributed by atoms with Crippen molar-refractivity contribution >= 4 is 5.97 Å². The van der Waals surface area contributed by atoms with Gasteiger partial charge in [-0.3, -0.25) is 4.79 Å². The number of carbonyl (C=O) groups excluding carboxylic acids is 1. The van der Waals surface area contributed by atoms with Crippen LogP contribution in [0.2, 0.25) is 0 Å². The first-order chi connectivity index (χ1) is 21.8. The predicted molar refractivity (Wildman–Crippen MR) is 198 cm³/mol.